The molecule has 4 nitrogen and oxygen atoms in total. The van der Waals surface area contributed by atoms with Gasteiger partial charge in [-0.25, -0.2) is 0 Å². The number of aromatic nitrogens is 1. The van der Waals surface area contributed by atoms with Gasteiger partial charge in [0.2, 0.25) is 0 Å². The molecule has 0 unspecified atom stereocenters. The van der Waals surface area contributed by atoms with E-state index in [-0.39, 0.29) is 17.6 Å². The number of hydrogen-bond acceptors (Lipinski definition) is 3. The summed E-state index contributed by atoms with van der Waals surface area (Å²) in [6.45, 7) is 8.15. The third-order valence-corrected chi connectivity index (χ3v) is 4.32. The maximum Gasteiger partial charge on any atom is 0.196 e. The van der Waals surface area contributed by atoms with Crippen LogP contribution in [0.25, 0.3) is 0 Å². The Bertz CT molecular complexity index is 541. The minimum Gasteiger partial charge on any atom is -0.355 e. The van der Waals surface area contributed by atoms with E-state index in [9.17, 15) is 9.59 Å². The normalized spacial score (nSPS) is 16.5. The molecule has 0 spiro atoms. The second-order valence-corrected chi connectivity index (χ2v) is 6.10. The lowest BCUT2D eigenvalue weighted by Crippen LogP contribution is -2.37. The smallest absolute Gasteiger partial charge is 0.196 e. The molecule has 0 saturated heterocycles. The molecule has 1 saturated carbocycles. The average molecular weight is 276 g/mol. The van der Waals surface area contributed by atoms with E-state index in [4.69, 9.17) is 0 Å². The second kappa shape index (κ2) is 5.52. The minimum absolute atomic E-state index is 0.00860. The van der Waals surface area contributed by atoms with Gasteiger partial charge in [-0.05, 0) is 59.1 Å². The Labute approximate surface area is 120 Å². The molecule has 1 aliphatic carbocycles. The first-order valence-corrected chi connectivity index (χ1v) is 7.27. The third-order valence-electron chi connectivity index (χ3n) is 4.32. The zero-order chi connectivity index (χ0) is 15.0. The number of Topliss-reactive ketones (excluding diaryl/α,β-unsaturated/α-hetero) is 2. The van der Waals surface area contributed by atoms with Crippen molar-refractivity contribution in [1.82, 2.24) is 9.88 Å². The molecular formula is C16H24N2O2. The van der Waals surface area contributed by atoms with Gasteiger partial charge in [-0.15, -0.1) is 0 Å². The molecule has 110 valence electrons. The van der Waals surface area contributed by atoms with Crippen LogP contribution >= 0.6 is 0 Å². The highest BCUT2D eigenvalue weighted by Crippen LogP contribution is 2.30. The number of carbonyl (C=O) groups excluding carboxylic acids is 2. The summed E-state index contributed by atoms with van der Waals surface area (Å²) in [4.78, 5) is 29.5. The molecule has 1 aromatic rings. The van der Waals surface area contributed by atoms with Crippen LogP contribution in [0.5, 0.6) is 0 Å². The lowest BCUT2D eigenvalue weighted by molar-refractivity contribution is 0.0859. The number of aryl methyl sites for hydroxylation is 1. The number of nitrogens with one attached hydrogen (secondary N) is 1. The summed E-state index contributed by atoms with van der Waals surface area (Å²) in [5.74, 6) is 0.838. The maximum absolute atomic E-state index is 12.6. The fourth-order valence-electron chi connectivity index (χ4n) is 2.80. The molecule has 0 aromatic carbocycles. The summed E-state index contributed by atoms with van der Waals surface area (Å²) in [6.07, 6.45) is 2.56. The molecule has 4 heteroatoms. The van der Waals surface area contributed by atoms with Crippen LogP contribution in [0.1, 0.15) is 58.8 Å². The van der Waals surface area contributed by atoms with Gasteiger partial charge in [0.25, 0.3) is 0 Å². The first-order valence-electron chi connectivity index (χ1n) is 7.27. The summed E-state index contributed by atoms with van der Waals surface area (Å²) < 4.78 is 0. The molecule has 0 bridgehead atoms. The fourth-order valence-corrected chi connectivity index (χ4v) is 2.80. The predicted octanol–water partition coefficient (Wildman–Crippen LogP) is 2.75. The Hall–Kier alpha value is -1.42. The quantitative estimate of drug-likeness (QED) is 0.813. The number of hydrogen-bond donors (Lipinski definition) is 1. The van der Waals surface area contributed by atoms with Crippen molar-refractivity contribution >= 4 is 11.6 Å². The van der Waals surface area contributed by atoms with Crippen molar-refractivity contribution in [1.29, 1.82) is 0 Å². The Balaban J connectivity index is 2.19. The lowest BCUT2D eigenvalue weighted by atomic mass is 10.0. The van der Waals surface area contributed by atoms with Crippen molar-refractivity contribution in [2.45, 2.75) is 46.6 Å². The Morgan fingerprint density at radius 3 is 2.40 bits per heavy atom. The van der Waals surface area contributed by atoms with Gasteiger partial charge in [-0.3, -0.25) is 14.5 Å². The maximum atomic E-state index is 12.6. The topological polar surface area (TPSA) is 53.2 Å². The molecule has 2 rings (SSSR count). The largest absolute Gasteiger partial charge is 0.355 e. The van der Waals surface area contributed by atoms with Gasteiger partial charge < -0.3 is 4.98 Å². The van der Waals surface area contributed by atoms with Gasteiger partial charge in [-0.1, -0.05) is 0 Å². The molecule has 1 fully saturated rings. The molecule has 1 atom stereocenters. The average Bonchev–Trinajstić information content (AvgIpc) is 3.12. The van der Waals surface area contributed by atoms with Gasteiger partial charge in [-0.2, -0.15) is 0 Å². The van der Waals surface area contributed by atoms with Crippen LogP contribution in [-0.4, -0.2) is 41.1 Å². The standard InChI is InChI=1S/C16H24N2O2/c1-9-14(12(4)19)10(2)17-15(9)16(20)11(3)18(5)8-13-6-7-13/h11,13,17H,6-8H2,1-5H3/t11-/m0/s1. The zero-order valence-corrected chi connectivity index (χ0v) is 13.0. The number of likely N-dealkylation sites (N-methyl/N-ethyl adjacent to an activating group) is 1. The Morgan fingerprint density at radius 2 is 1.95 bits per heavy atom. The van der Waals surface area contributed by atoms with Crippen molar-refractivity contribution in [2.24, 2.45) is 5.92 Å². The molecule has 1 heterocycles. The van der Waals surface area contributed by atoms with Crippen LogP contribution in [0.3, 0.4) is 0 Å². The third kappa shape index (κ3) is 2.85. The van der Waals surface area contributed by atoms with Crippen molar-refractivity contribution in [2.75, 3.05) is 13.6 Å². The molecule has 20 heavy (non-hydrogen) atoms. The van der Waals surface area contributed by atoms with Gasteiger partial charge in [0, 0.05) is 17.8 Å². The Morgan fingerprint density at radius 1 is 1.35 bits per heavy atom. The van der Waals surface area contributed by atoms with E-state index in [2.05, 4.69) is 9.88 Å². The fraction of sp³-hybridized carbons (Fsp3) is 0.625. The number of aromatic amines is 1. The molecule has 0 radical (unpaired) electrons. The number of ketones is 2. The van der Waals surface area contributed by atoms with E-state index in [1.807, 2.05) is 27.8 Å². The Kier molecular flexibility index (Phi) is 4.14. The van der Waals surface area contributed by atoms with E-state index < -0.39 is 0 Å². The SMILES string of the molecule is CC(=O)c1c(C)[nH]c(C(=O)[C@H](C)N(C)CC2CC2)c1C. The summed E-state index contributed by atoms with van der Waals surface area (Å²) >= 11 is 0. The van der Waals surface area contributed by atoms with E-state index in [0.717, 1.165) is 23.7 Å². The number of carbonyl (C=O) groups is 2. The van der Waals surface area contributed by atoms with Crippen molar-refractivity contribution < 1.29 is 9.59 Å². The predicted molar refractivity (Wildman–Crippen MR) is 79.4 cm³/mol. The molecule has 1 aliphatic rings. The first kappa shape index (κ1) is 15.0. The highest BCUT2D eigenvalue weighted by Gasteiger charge is 2.29. The van der Waals surface area contributed by atoms with Crippen LogP contribution in [-0.2, 0) is 0 Å². The van der Waals surface area contributed by atoms with Crippen LogP contribution in [0.15, 0.2) is 0 Å². The highest BCUT2D eigenvalue weighted by molar-refractivity contribution is 6.05. The minimum atomic E-state index is -0.160. The molecule has 1 N–H and O–H groups in total. The van der Waals surface area contributed by atoms with Crippen LogP contribution < -0.4 is 0 Å². The van der Waals surface area contributed by atoms with Crippen molar-refractivity contribution in [3.63, 3.8) is 0 Å². The van der Waals surface area contributed by atoms with Crippen LogP contribution in [0.2, 0.25) is 0 Å². The van der Waals surface area contributed by atoms with Crippen LogP contribution in [0, 0.1) is 19.8 Å². The lowest BCUT2D eigenvalue weighted by Gasteiger charge is -2.23. The van der Waals surface area contributed by atoms with E-state index >= 15 is 0 Å². The van der Waals surface area contributed by atoms with Gasteiger partial charge in [0.1, 0.15) is 0 Å². The number of nitrogens with zero attached hydrogens (tertiary/aromatic N) is 1. The summed E-state index contributed by atoms with van der Waals surface area (Å²) in [6, 6.07) is -0.160. The first-order chi connectivity index (χ1) is 9.32. The number of rotatable bonds is 6. The monoisotopic (exact) mass is 276 g/mol. The van der Waals surface area contributed by atoms with E-state index in [0.29, 0.717) is 11.3 Å². The van der Waals surface area contributed by atoms with E-state index in [1.165, 1.54) is 12.8 Å². The zero-order valence-electron chi connectivity index (χ0n) is 13.0. The molecule has 0 aliphatic heterocycles. The van der Waals surface area contributed by atoms with Gasteiger partial charge in [0.05, 0.1) is 11.7 Å². The summed E-state index contributed by atoms with van der Waals surface area (Å²) in [7, 11) is 2.00. The molecule has 0 amide bonds. The van der Waals surface area contributed by atoms with Crippen molar-refractivity contribution in [3.05, 3.63) is 22.5 Å². The van der Waals surface area contributed by atoms with Gasteiger partial charge >= 0.3 is 0 Å². The van der Waals surface area contributed by atoms with Crippen molar-refractivity contribution in [3.8, 4) is 0 Å². The second-order valence-electron chi connectivity index (χ2n) is 6.10. The summed E-state index contributed by atoms with van der Waals surface area (Å²) in [5.41, 5.74) is 2.82. The molecular weight excluding hydrogens is 252 g/mol. The summed E-state index contributed by atoms with van der Waals surface area (Å²) in [5, 5.41) is 0. The van der Waals surface area contributed by atoms with E-state index in [1.54, 1.807) is 6.92 Å². The molecule has 1 aromatic heterocycles. The van der Waals surface area contributed by atoms with Crippen LogP contribution in [0.4, 0.5) is 0 Å². The van der Waals surface area contributed by atoms with Gasteiger partial charge in [0.15, 0.2) is 11.6 Å². The highest BCUT2D eigenvalue weighted by atomic mass is 16.1. The number of H-pyrrole nitrogens is 1.